The van der Waals surface area contributed by atoms with Gasteiger partial charge < -0.3 is 14.4 Å². The van der Waals surface area contributed by atoms with Crippen molar-refractivity contribution >= 4 is 29.5 Å². The van der Waals surface area contributed by atoms with Gasteiger partial charge in [-0.15, -0.1) is 11.8 Å². The average Bonchev–Trinajstić information content (AvgIpc) is 3.04. The van der Waals surface area contributed by atoms with Crippen LogP contribution in [-0.4, -0.2) is 48.0 Å². The Labute approximate surface area is 176 Å². The third-order valence-corrected chi connectivity index (χ3v) is 7.38. The highest BCUT2D eigenvalue weighted by molar-refractivity contribution is 7.99. The summed E-state index contributed by atoms with van der Waals surface area (Å²) in [6.07, 6.45) is 4.81. The Morgan fingerprint density at radius 2 is 1.79 bits per heavy atom. The van der Waals surface area contributed by atoms with Crippen molar-refractivity contribution in [3.63, 3.8) is 0 Å². The molecule has 1 saturated heterocycles. The van der Waals surface area contributed by atoms with Gasteiger partial charge in [0.05, 0.1) is 18.6 Å². The number of fused-ring (bicyclic) bond motifs is 1. The van der Waals surface area contributed by atoms with Crippen LogP contribution in [0.5, 0.6) is 0 Å². The first-order valence-electron chi connectivity index (χ1n) is 10.5. The second-order valence-corrected chi connectivity index (χ2v) is 10.6. The maximum atomic E-state index is 12.8. The molecule has 1 aromatic heterocycles. The van der Waals surface area contributed by atoms with Gasteiger partial charge in [-0.25, -0.2) is 9.78 Å². The van der Waals surface area contributed by atoms with Gasteiger partial charge in [-0.3, -0.25) is 4.79 Å². The van der Waals surface area contributed by atoms with Crippen molar-refractivity contribution in [2.24, 2.45) is 17.8 Å². The van der Waals surface area contributed by atoms with Crippen LogP contribution in [0.4, 0.5) is 5.82 Å². The van der Waals surface area contributed by atoms with Crippen LogP contribution in [0.3, 0.4) is 0 Å². The molecule has 2 heterocycles. The summed E-state index contributed by atoms with van der Waals surface area (Å²) in [5.41, 5.74) is 0.0156. The number of pyridine rings is 1. The molecule has 3 atom stereocenters. The molecule has 0 amide bonds. The highest BCUT2D eigenvalue weighted by Gasteiger charge is 2.60. The normalized spacial score (nSPS) is 26.3. The predicted molar refractivity (Wildman–Crippen MR) is 112 cm³/mol. The number of ether oxygens (including phenoxy) is 2. The van der Waals surface area contributed by atoms with Gasteiger partial charge in [0.2, 0.25) is 0 Å². The van der Waals surface area contributed by atoms with Crippen molar-refractivity contribution in [2.75, 3.05) is 25.1 Å². The van der Waals surface area contributed by atoms with E-state index in [1.54, 1.807) is 11.8 Å². The van der Waals surface area contributed by atoms with E-state index in [1.807, 2.05) is 32.9 Å². The van der Waals surface area contributed by atoms with Gasteiger partial charge in [-0.05, 0) is 57.6 Å². The van der Waals surface area contributed by atoms with E-state index in [1.165, 1.54) is 32.8 Å². The van der Waals surface area contributed by atoms with Crippen molar-refractivity contribution in [1.29, 1.82) is 0 Å². The van der Waals surface area contributed by atoms with E-state index in [2.05, 4.69) is 4.90 Å². The van der Waals surface area contributed by atoms with E-state index in [4.69, 9.17) is 14.5 Å². The summed E-state index contributed by atoms with van der Waals surface area (Å²) in [6.45, 7) is 7.27. The molecule has 1 aliphatic heterocycles. The number of aromatic nitrogens is 1. The number of hydrogen-bond acceptors (Lipinski definition) is 7. The van der Waals surface area contributed by atoms with Gasteiger partial charge >= 0.3 is 11.9 Å². The number of methoxy groups -OCH3 is 1. The Balaban J connectivity index is 1.52. The van der Waals surface area contributed by atoms with E-state index in [-0.39, 0.29) is 17.9 Å². The number of esters is 2. The van der Waals surface area contributed by atoms with Crippen LogP contribution in [0.2, 0.25) is 0 Å². The van der Waals surface area contributed by atoms with Crippen LogP contribution in [0.15, 0.2) is 17.2 Å². The van der Waals surface area contributed by atoms with Crippen LogP contribution < -0.4 is 4.90 Å². The Kier molecular flexibility index (Phi) is 5.53. The fourth-order valence-corrected chi connectivity index (χ4v) is 5.86. The van der Waals surface area contributed by atoms with Crippen LogP contribution in [0, 0.1) is 17.8 Å². The van der Waals surface area contributed by atoms with Crippen LogP contribution >= 0.6 is 11.8 Å². The molecule has 3 aliphatic rings. The predicted octanol–water partition coefficient (Wildman–Crippen LogP) is 3.93. The smallest absolute Gasteiger partial charge is 0.341 e. The second kappa shape index (κ2) is 7.82. The lowest BCUT2D eigenvalue weighted by atomic mass is 10.2. The average molecular weight is 419 g/mol. The minimum absolute atomic E-state index is 0.0459. The summed E-state index contributed by atoms with van der Waals surface area (Å²) in [5.74, 6) is 1.25. The number of nitrogens with zero attached hydrogens (tertiary/aromatic N) is 2. The molecule has 2 saturated carbocycles. The number of thioether (sulfide) groups is 1. The molecule has 0 N–H and O–H groups in total. The molecule has 6 nitrogen and oxygen atoms in total. The van der Waals surface area contributed by atoms with Crippen molar-refractivity contribution in [1.82, 2.24) is 4.98 Å². The monoisotopic (exact) mass is 418 g/mol. The highest BCUT2D eigenvalue weighted by Crippen LogP contribution is 2.53. The fourth-order valence-electron chi connectivity index (χ4n) is 4.55. The molecular formula is C22H30N2O4S. The molecule has 0 aromatic carbocycles. The second-order valence-electron chi connectivity index (χ2n) is 9.33. The molecule has 0 radical (unpaired) electrons. The molecule has 7 heteroatoms. The highest BCUT2D eigenvalue weighted by atomic mass is 32.2. The number of carbonyl (C=O) groups excluding carboxylic acids is 2. The first-order valence-corrected chi connectivity index (χ1v) is 11.4. The van der Waals surface area contributed by atoms with E-state index in [9.17, 15) is 9.59 Å². The van der Waals surface area contributed by atoms with Gasteiger partial charge in [-0.1, -0.05) is 12.8 Å². The number of carbonyl (C=O) groups is 2. The number of hydrogen-bond donors (Lipinski definition) is 0. The summed E-state index contributed by atoms with van der Waals surface area (Å²) in [5, 5.41) is 1.28. The quantitative estimate of drug-likeness (QED) is 0.671. The molecular weight excluding hydrogens is 388 g/mol. The van der Waals surface area contributed by atoms with Gasteiger partial charge in [0.1, 0.15) is 16.4 Å². The first-order chi connectivity index (χ1) is 13.8. The molecule has 158 valence electrons. The van der Waals surface area contributed by atoms with Crippen molar-refractivity contribution in [3.8, 4) is 0 Å². The molecule has 0 bridgehead atoms. The van der Waals surface area contributed by atoms with E-state index >= 15 is 0 Å². The Morgan fingerprint density at radius 3 is 2.38 bits per heavy atom. The third-order valence-electron chi connectivity index (χ3n) is 6.04. The molecule has 4 rings (SSSR count). The zero-order chi connectivity index (χ0) is 20.8. The summed E-state index contributed by atoms with van der Waals surface area (Å²) >= 11 is 1.71. The number of piperidine rings is 1. The molecule has 2 aliphatic carbocycles. The van der Waals surface area contributed by atoms with Crippen molar-refractivity contribution in [3.05, 3.63) is 17.7 Å². The lowest BCUT2D eigenvalue weighted by molar-refractivity contribution is -0.142. The largest absolute Gasteiger partial charge is 0.469 e. The Morgan fingerprint density at radius 1 is 1.14 bits per heavy atom. The van der Waals surface area contributed by atoms with Gasteiger partial charge in [0, 0.05) is 18.3 Å². The van der Waals surface area contributed by atoms with E-state index < -0.39 is 5.60 Å². The summed E-state index contributed by atoms with van der Waals surface area (Å²) in [7, 11) is 1.46. The van der Waals surface area contributed by atoms with E-state index in [0.717, 1.165) is 23.9 Å². The van der Waals surface area contributed by atoms with Crippen molar-refractivity contribution in [2.45, 2.75) is 62.3 Å². The first kappa shape index (κ1) is 20.5. The maximum Gasteiger partial charge on any atom is 0.341 e. The molecule has 1 aromatic rings. The SMILES string of the molecule is COC(=O)C1[C@H]2CN(c3ccc(C(=O)OC(C)(C)C)c(SC4CCCC4)n3)C[C@@H]12. The minimum atomic E-state index is -0.538. The number of rotatable bonds is 5. The Hall–Kier alpha value is -1.76. The maximum absolute atomic E-state index is 12.8. The summed E-state index contributed by atoms with van der Waals surface area (Å²) < 4.78 is 10.5. The minimum Gasteiger partial charge on any atom is -0.469 e. The zero-order valence-electron chi connectivity index (χ0n) is 17.6. The standard InChI is InChI=1S/C22H30N2O4S/c1-22(2,3)28-20(25)14-9-10-17(23-19(14)29-13-7-5-6-8-13)24-11-15-16(12-24)18(15)21(26)27-4/h9-10,13,15-16,18H,5-8,11-12H2,1-4H3/t15-,16+,18?. The van der Waals surface area contributed by atoms with Crippen molar-refractivity contribution < 1.29 is 19.1 Å². The van der Waals surface area contributed by atoms with E-state index in [0.29, 0.717) is 22.6 Å². The Bertz CT molecular complexity index is 788. The number of anilines is 1. The molecule has 3 fully saturated rings. The van der Waals surface area contributed by atoms with Gasteiger partial charge in [0.15, 0.2) is 0 Å². The van der Waals surface area contributed by atoms with Crippen LogP contribution in [0.1, 0.15) is 56.8 Å². The molecule has 0 spiro atoms. The lowest BCUT2D eigenvalue weighted by Crippen LogP contribution is -2.28. The van der Waals surface area contributed by atoms with Crippen LogP contribution in [0.25, 0.3) is 0 Å². The summed E-state index contributed by atoms with van der Waals surface area (Å²) in [6, 6.07) is 3.77. The summed E-state index contributed by atoms with van der Waals surface area (Å²) in [4.78, 5) is 31.7. The van der Waals surface area contributed by atoms with Gasteiger partial charge in [0.25, 0.3) is 0 Å². The topological polar surface area (TPSA) is 68.7 Å². The molecule has 1 unspecified atom stereocenters. The zero-order valence-corrected chi connectivity index (χ0v) is 18.5. The third kappa shape index (κ3) is 4.39. The lowest BCUT2D eigenvalue weighted by Gasteiger charge is -2.24. The molecule has 29 heavy (non-hydrogen) atoms. The van der Waals surface area contributed by atoms with Gasteiger partial charge in [-0.2, -0.15) is 0 Å². The van der Waals surface area contributed by atoms with Crippen LogP contribution in [-0.2, 0) is 14.3 Å². The fraction of sp³-hybridized carbons (Fsp3) is 0.682.